The summed E-state index contributed by atoms with van der Waals surface area (Å²) in [7, 11) is -11.9. The van der Waals surface area contributed by atoms with Crippen molar-refractivity contribution in [2.45, 2.75) is 69.7 Å². The molecule has 15 nitrogen and oxygen atoms in total. The number of aliphatic hydroxyl groups is 1. The molecule has 1 aromatic carbocycles. The van der Waals surface area contributed by atoms with E-state index in [1.165, 1.54) is 6.92 Å². The fourth-order valence-electron chi connectivity index (χ4n) is 3.82. The van der Waals surface area contributed by atoms with E-state index in [9.17, 15) is 38.4 Å². The minimum atomic E-state index is -6.13. The van der Waals surface area contributed by atoms with Crippen LogP contribution in [0.2, 0.25) is 0 Å². The van der Waals surface area contributed by atoms with E-state index in [1.54, 1.807) is 32.9 Å². The van der Waals surface area contributed by atoms with E-state index in [-0.39, 0.29) is 65.5 Å². The Morgan fingerprint density at radius 1 is 0.978 bits per heavy atom. The molecule has 21 heteroatoms. The molecule has 6 N–H and O–H groups in total. The van der Waals surface area contributed by atoms with Crippen molar-refractivity contribution in [2.75, 3.05) is 36.3 Å². The number of ether oxygens (including phenoxy) is 1. The number of anilines is 1. The Morgan fingerprint density at radius 3 is 1.93 bits per heavy atom. The number of rotatable bonds is 17. The molecule has 0 aromatic heterocycles. The summed E-state index contributed by atoms with van der Waals surface area (Å²) in [5, 5.41) is 13.3. The second-order valence-electron chi connectivity index (χ2n) is 10.9. The molecule has 0 saturated heterocycles. The van der Waals surface area contributed by atoms with Crippen LogP contribution in [0.25, 0.3) is 0 Å². The molecule has 1 unspecified atom stereocenters. The van der Waals surface area contributed by atoms with E-state index in [0.29, 0.717) is 30.4 Å². The van der Waals surface area contributed by atoms with E-state index in [1.807, 2.05) is 17.0 Å². The van der Waals surface area contributed by atoms with Crippen LogP contribution in [-0.4, -0.2) is 87.0 Å². The van der Waals surface area contributed by atoms with Crippen molar-refractivity contribution in [2.24, 2.45) is 0 Å². The maximum atomic E-state index is 13.2. The first-order valence-corrected chi connectivity index (χ1v) is 17.7. The summed E-state index contributed by atoms with van der Waals surface area (Å²) in [6, 6.07) is 4.81. The van der Waals surface area contributed by atoms with Crippen molar-refractivity contribution >= 4 is 62.0 Å². The number of carbonyl (C=O) groups is 3. The third-order valence-corrected chi connectivity index (χ3v) is 10.2. The van der Waals surface area contributed by atoms with Crippen molar-refractivity contribution in [1.29, 1.82) is 0 Å². The Balaban J connectivity index is 0. The van der Waals surface area contributed by atoms with Gasteiger partial charge in [-0.3, -0.25) is 14.2 Å². The molecular weight excluding hydrogens is 711 g/mol. The van der Waals surface area contributed by atoms with Gasteiger partial charge in [0.15, 0.2) is 5.08 Å². The third-order valence-electron chi connectivity index (χ3n) is 6.10. The molecule has 252 valence electrons. The predicted octanol–water partition coefficient (Wildman–Crippen LogP) is -5.45. The van der Waals surface area contributed by atoms with Gasteiger partial charge in [-0.2, -0.15) is 0 Å². The number of alkyl carbamates (subject to hydrolysis) is 1. The summed E-state index contributed by atoms with van der Waals surface area (Å²) in [5.74, 6) is -0.720. The Labute approximate surface area is 323 Å². The zero-order valence-corrected chi connectivity index (χ0v) is 34.1. The van der Waals surface area contributed by atoms with E-state index < -0.39 is 75.3 Å². The fraction of sp³-hybridized carbons (Fsp3) is 0.640. The van der Waals surface area contributed by atoms with Crippen molar-refractivity contribution < 1.29 is 112 Å². The standard InChI is InChI=1S/C25H42Cl2N4O11P2.2Na/c1-17(21(32)28-13-5-10-25(35,43(36,37)38)44(39,40)41)29-22(33)20(30-23(34)42-24(2,3)4)16-18-6-8-19(9-7-18)31(14-11-26)15-12-27;;/h6-9,17,20,35H,5,10-16H2,1-4H3,(H,28,32)(H,29,33)(H,30,34)(H2,36,37,38)(H2,39,40,41);;/q;2*+1/p-2/t17-,20-;;/m0../s1. The van der Waals surface area contributed by atoms with Gasteiger partial charge in [-0.15, -0.1) is 23.2 Å². The van der Waals surface area contributed by atoms with Gasteiger partial charge in [0.1, 0.15) is 17.7 Å². The van der Waals surface area contributed by atoms with E-state index >= 15 is 0 Å². The van der Waals surface area contributed by atoms with Crippen LogP contribution in [0, 0.1) is 0 Å². The van der Waals surface area contributed by atoms with Crippen LogP contribution in [0.4, 0.5) is 10.5 Å². The summed E-state index contributed by atoms with van der Waals surface area (Å²) in [6.45, 7) is 7.01. The maximum Gasteiger partial charge on any atom is 1.00 e. The molecule has 0 radical (unpaired) electrons. The monoisotopic (exact) mass is 750 g/mol. The molecule has 1 aromatic rings. The summed E-state index contributed by atoms with van der Waals surface area (Å²) in [6.07, 6.45) is -2.48. The van der Waals surface area contributed by atoms with Crippen molar-refractivity contribution in [3.05, 3.63) is 29.8 Å². The van der Waals surface area contributed by atoms with Gasteiger partial charge in [-0.1, -0.05) is 12.1 Å². The minimum Gasteiger partial charge on any atom is -0.808 e. The van der Waals surface area contributed by atoms with Gasteiger partial charge in [-0.25, -0.2) is 4.79 Å². The Kier molecular flexibility index (Phi) is 22.3. The molecule has 0 bridgehead atoms. The smallest absolute Gasteiger partial charge is 0.808 e. The van der Waals surface area contributed by atoms with Crippen molar-refractivity contribution in [3.8, 4) is 0 Å². The first-order valence-electron chi connectivity index (χ1n) is 13.5. The molecule has 0 aliphatic carbocycles. The van der Waals surface area contributed by atoms with E-state index in [2.05, 4.69) is 16.0 Å². The molecule has 3 atom stereocenters. The molecule has 46 heavy (non-hydrogen) atoms. The molecular formula is C25H40Cl2N4Na2O11P2. The maximum absolute atomic E-state index is 13.2. The molecule has 0 heterocycles. The number of benzene rings is 1. The Morgan fingerprint density at radius 2 is 1.50 bits per heavy atom. The number of hydrogen-bond donors (Lipinski definition) is 6. The number of nitrogens with zero attached hydrogens (tertiary/aromatic N) is 1. The van der Waals surface area contributed by atoms with E-state index in [0.717, 1.165) is 5.69 Å². The second kappa shape index (κ2) is 21.3. The number of carbonyl (C=O) groups excluding carboxylic acids is 3. The molecule has 0 spiro atoms. The summed E-state index contributed by atoms with van der Waals surface area (Å²) >= 11 is 11.8. The first kappa shape index (κ1) is 48.2. The average molecular weight is 751 g/mol. The fourth-order valence-corrected chi connectivity index (χ4v) is 6.39. The summed E-state index contributed by atoms with van der Waals surface area (Å²) in [5.41, 5.74) is 0.672. The Hall–Kier alpha value is 0.0700. The minimum absolute atomic E-state index is 0. The number of amides is 3. The Bertz CT molecular complexity index is 1190. The summed E-state index contributed by atoms with van der Waals surface area (Å²) in [4.78, 5) is 81.0. The van der Waals surface area contributed by atoms with Crippen LogP contribution >= 0.6 is 38.4 Å². The summed E-state index contributed by atoms with van der Waals surface area (Å²) < 4.78 is 27.9. The van der Waals surface area contributed by atoms with Gasteiger partial charge in [0.2, 0.25) is 11.8 Å². The van der Waals surface area contributed by atoms with Gasteiger partial charge >= 0.3 is 72.8 Å². The number of nitrogens with one attached hydrogen (secondary N) is 3. The molecule has 0 aliphatic heterocycles. The molecule has 0 aliphatic rings. The molecule has 0 saturated carbocycles. The van der Waals surface area contributed by atoms with E-state index in [4.69, 9.17) is 37.7 Å². The van der Waals surface area contributed by atoms with Crippen molar-refractivity contribution in [3.63, 3.8) is 0 Å². The largest absolute Gasteiger partial charge is 1.00 e. The van der Waals surface area contributed by atoms with Crippen LogP contribution in [0.3, 0.4) is 0 Å². The van der Waals surface area contributed by atoms with Gasteiger partial charge in [0.25, 0.3) is 0 Å². The molecule has 3 amide bonds. The second-order valence-corrected chi connectivity index (χ2v) is 15.5. The van der Waals surface area contributed by atoms with Gasteiger partial charge in [0, 0.05) is 43.5 Å². The normalized spacial score (nSPS) is 14.3. The first-order chi connectivity index (χ1) is 20.1. The van der Waals surface area contributed by atoms with Crippen LogP contribution in [0.15, 0.2) is 24.3 Å². The predicted molar refractivity (Wildman–Crippen MR) is 161 cm³/mol. The SMILES string of the molecule is C[C@H](NC(=O)[C@H](Cc1ccc(N(CCCl)CCCl)cc1)NC(=O)OC(C)(C)C)C(=O)NCCCC(O)(P(=O)([O-])[O-])P(=O)(O)O.[Na+].[Na+]. The van der Waals surface area contributed by atoms with Crippen LogP contribution in [0.1, 0.15) is 46.1 Å². The molecule has 1 rings (SSSR count). The average Bonchev–Trinajstić information content (AvgIpc) is 2.88. The van der Waals surface area contributed by atoms with Crippen molar-refractivity contribution in [1.82, 2.24) is 16.0 Å². The quantitative estimate of drug-likeness (QED) is 0.0379. The van der Waals surface area contributed by atoms with Gasteiger partial charge in [-0.05, 0) is 65.8 Å². The van der Waals surface area contributed by atoms with Crippen LogP contribution < -0.4 is 89.8 Å². The molecule has 0 fully saturated rings. The van der Waals surface area contributed by atoms with Crippen LogP contribution in [-0.2, 0) is 29.9 Å². The topological polar surface area (TPSA) is 241 Å². The van der Waals surface area contributed by atoms with Gasteiger partial charge in [0.05, 0.1) is 0 Å². The zero-order chi connectivity index (χ0) is 33.9. The van der Waals surface area contributed by atoms with Gasteiger partial charge < -0.3 is 54.8 Å². The number of halogens is 2. The number of alkyl halides is 2. The zero-order valence-electron chi connectivity index (χ0n) is 26.8. The number of hydrogen-bond acceptors (Lipinski definition) is 10. The third kappa shape index (κ3) is 16.2. The van der Waals surface area contributed by atoms with Crippen LogP contribution in [0.5, 0.6) is 0 Å².